The lowest BCUT2D eigenvalue weighted by Crippen LogP contribution is -2.48. The zero-order chi connectivity index (χ0) is 21.3. The Hall–Kier alpha value is -1.99. The third kappa shape index (κ3) is 6.77. The van der Waals surface area contributed by atoms with Gasteiger partial charge in [-0.1, -0.05) is 29.8 Å². The van der Waals surface area contributed by atoms with Crippen molar-refractivity contribution < 1.29 is 9.53 Å². The lowest BCUT2D eigenvalue weighted by Gasteiger charge is -2.32. The zero-order valence-corrected chi connectivity index (χ0v) is 18.6. The Labute approximate surface area is 184 Å². The van der Waals surface area contributed by atoms with E-state index in [9.17, 15) is 4.79 Å². The van der Waals surface area contributed by atoms with Crippen LogP contribution < -0.4 is 11.1 Å². The van der Waals surface area contributed by atoms with Gasteiger partial charge in [0.15, 0.2) is 5.96 Å². The van der Waals surface area contributed by atoms with Gasteiger partial charge in [-0.25, -0.2) is 4.79 Å². The molecule has 3 rings (SSSR count). The van der Waals surface area contributed by atoms with Crippen LogP contribution in [-0.2, 0) is 11.3 Å². The number of carbonyl (C=O) groups is 1. The minimum Gasteiger partial charge on any atom is -0.450 e. The largest absolute Gasteiger partial charge is 0.450 e. The van der Waals surface area contributed by atoms with Gasteiger partial charge in [-0.3, -0.25) is 9.89 Å². The Morgan fingerprint density at radius 3 is 2.57 bits per heavy atom. The standard InChI is InChI=1S/C22H34ClN5O2/c1-2-30-22(29)28-13-9-19(10-14-28)26-21(24)25-15-17-7-11-27(12-8-17)16-18-5-3-4-6-20(18)23/h3-6,17,19H,2,7-16H2,1H3,(H3,24,25,26). The van der Waals surface area contributed by atoms with Crippen LogP contribution in [0.5, 0.6) is 0 Å². The SMILES string of the molecule is CCOC(=O)N1CCC(NC(N)=NCC2CCN(Cc3ccccc3Cl)CC2)CC1. The molecule has 0 unspecified atom stereocenters. The molecule has 2 saturated heterocycles. The Morgan fingerprint density at radius 2 is 1.90 bits per heavy atom. The van der Waals surface area contributed by atoms with Crippen LogP contribution in [0.15, 0.2) is 29.3 Å². The Morgan fingerprint density at radius 1 is 1.20 bits per heavy atom. The molecular formula is C22H34ClN5O2. The highest BCUT2D eigenvalue weighted by molar-refractivity contribution is 6.31. The van der Waals surface area contributed by atoms with E-state index in [2.05, 4.69) is 21.3 Å². The zero-order valence-electron chi connectivity index (χ0n) is 17.9. The van der Waals surface area contributed by atoms with Crippen LogP contribution in [0.4, 0.5) is 4.79 Å². The second-order valence-corrected chi connectivity index (χ2v) is 8.55. The first-order valence-corrected chi connectivity index (χ1v) is 11.4. The number of rotatable bonds is 6. The third-order valence-electron chi connectivity index (χ3n) is 5.95. The number of nitrogens with two attached hydrogens (primary N) is 1. The van der Waals surface area contributed by atoms with Crippen LogP contribution in [0, 0.1) is 5.92 Å². The molecule has 0 atom stereocenters. The molecule has 0 bridgehead atoms. The van der Waals surface area contributed by atoms with E-state index >= 15 is 0 Å². The molecule has 0 saturated carbocycles. The smallest absolute Gasteiger partial charge is 0.409 e. The number of ether oxygens (including phenoxy) is 1. The molecule has 7 nitrogen and oxygen atoms in total. The first kappa shape index (κ1) is 22.7. The number of nitrogens with one attached hydrogen (secondary N) is 1. The monoisotopic (exact) mass is 435 g/mol. The van der Waals surface area contributed by atoms with Crippen LogP contribution in [0.25, 0.3) is 0 Å². The summed E-state index contributed by atoms with van der Waals surface area (Å²) in [6.45, 7) is 7.41. The van der Waals surface area contributed by atoms with Gasteiger partial charge in [0.25, 0.3) is 0 Å². The molecule has 2 fully saturated rings. The number of amides is 1. The fraction of sp³-hybridized carbons (Fsp3) is 0.636. The lowest BCUT2D eigenvalue weighted by molar-refractivity contribution is 0.0963. The van der Waals surface area contributed by atoms with Crippen molar-refractivity contribution in [2.75, 3.05) is 39.3 Å². The second kappa shape index (κ2) is 11.4. The van der Waals surface area contributed by atoms with Crippen molar-refractivity contribution >= 4 is 23.7 Å². The second-order valence-electron chi connectivity index (χ2n) is 8.14. The van der Waals surface area contributed by atoms with Crippen molar-refractivity contribution in [1.29, 1.82) is 0 Å². The van der Waals surface area contributed by atoms with E-state index in [-0.39, 0.29) is 12.1 Å². The number of hydrogen-bond acceptors (Lipinski definition) is 4. The molecule has 8 heteroatoms. The maximum absolute atomic E-state index is 11.8. The predicted octanol–water partition coefficient (Wildman–Crippen LogP) is 3.08. The first-order chi connectivity index (χ1) is 14.5. The summed E-state index contributed by atoms with van der Waals surface area (Å²) in [5.41, 5.74) is 7.31. The average molecular weight is 436 g/mol. The summed E-state index contributed by atoms with van der Waals surface area (Å²) in [5, 5.41) is 4.17. The molecular weight excluding hydrogens is 402 g/mol. The van der Waals surface area contributed by atoms with Crippen molar-refractivity contribution in [3.05, 3.63) is 34.9 Å². The molecule has 30 heavy (non-hydrogen) atoms. The van der Waals surface area contributed by atoms with Gasteiger partial charge in [0, 0.05) is 37.2 Å². The average Bonchev–Trinajstić information content (AvgIpc) is 2.75. The van der Waals surface area contributed by atoms with Gasteiger partial charge in [-0.15, -0.1) is 0 Å². The molecule has 0 aromatic heterocycles. The maximum atomic E-state index is 11.8. The number of guanidine groups is 1. The summed E-state index contributed by atoms with van der Waals surface area (Å²) in [4.78, 5) is 20.6. The van der Waals surface area contributed by atoms with Crippen LogP contribution >= 0.6 is 11.6 Å². The molecule has 1 aromatic rings. The number of hydrogen-bond donors (Lipinski definition) is 2. The van der Waals surface area contributed by atoms with Gasteiger partial charge < -0.3 is 20.7 Å². The van der Waals surface area contributed by atoms with E-state index in [1.54, 1.807) is 4.90 Å². The van der Waals surface area contributed by atoms with Crippen molar-refractivity contribution in [3.8, 4) is 0 Å². The van der Waals surface area contributed by atoms with Crippen molar-refractivity contribution in [2.24, 2.45) is 16.6 Å². The molecule has 1 amide bonds. The quantitative estimate of drug-likeness (QED) is 0.530. The van der Waals surface area contributed by atoms with Crippen molar-refractivity contribution in [3.63, 3.8) is 0 Å². The highest BCUT2D eigenvalue weighted by Crippen LogP contribution is 2.22. The highest BCUT2D eigenvalue weighted by atomic mass is 35.5. The normalized spacial score (nSPS) is 19.7. The Bertz CT molecular complexity index is 713. The first-order valence-electron chi connectivity index (χ1n) is 11.0. The predicted molar refractivity (Wildman–Crippen MR) is 121 cm³/mol. The lowest BCUT2D eigenvalue weighted by atomic mass is 9.96. The minimum absolute atomic E-state index is 0.224. The fourth-order valence-corrected chi connectivity index (χ4v) is 4.29. The van der Waals surface area contributed by atoms with Gasteiger partial charge in [-0.05, 0) is 63.2 Å². The molecule has 0 radical (unpaired) electrons. The van der Waals surface area contributed by atoms with Gasteiger partial charge in [0.2, 0.25) is 0 Å². The number of benzene rings is 1. The number of halogens is 1. The van der Waals surface area contributed by atoms with Gasteiger partial charge in [-0.2, -0.15) is 0 Å². The van der Waals surface area contributed by atoms with Crippen LogP contribution in [-0.4, -0.2) is 67.2 Å². The molecule has 2 aliphatic heterocycles. The van der Waals surface area contributed by atoms with E-state index < -0.39 is 0 Å². The topological polar surface area (TPSA) is 83.2 Å². The Kier molecular flexibility index (Phi) is 8.63. The molecule has 0 aliphatic carbocycles. The van der Waals surface area contributed by atoms with Gasteiger partial charge in [0.1, 0.15) is 0 Å². The molecule has 0 spiro atoms. The van der Waals surface area contributed by atoms with E-state index in [4.69, 9.17) is 22.1 Å². The molecule has 3 N–H and O–H groups in total. The van der Waals surface area contributed by atoms with Gasteiger partial charge in [0.05, 0.1) is 6.61 Å². The van der Waals surface area contributed by atoms with Crippen LogP contribution in [0.3, 0.4) is 0 Å². The van der Waals surface area contributed by atoms with Crippen molar-refractivity contribution in [2.45, 2.75) is 45.2 Å². The van der Waals surface area contributed by atoms with E-state index in [0.717, 1.165) is 56.9 Å². The number of aliphatic imine (C=N–C) groups is 1. The minimum atomic E-state index is -0.224. The summed E-state index contributed by atoms with van der Waals surface area (Å²) in [5.74, 6) is 1.08. The summed E-state index contributed by atoms with van der Waals surface area (Å²) >= 11 is 6.28. The van der Waals surface area contributed by atoms with E-state index in [1.807, 2.05) is 25.1 Å². The number of carbonyl (C=O) groups excluding carboxylic acids is 1. The van der Waals surface area contributed by atoms with E-state index in [1.165, 1.54) is 5.56 Å². The third-order valence-corrected chi connectivity index (χ3v) is 6.32. The van der Waals surface area contributed by atoms with Gasteiger partial charge >= 0.3 is 6.09 Å². The summed E-state index contributed by atoms with van der Waals surface area (Å²) in [6.07, 6.45) is 3.74. The fourth-order valence-electron chi connectivity index (χ4n) is 4.10. The number of nitrogens with zero attached hydrogens (tertiary/aromatic N) is 3. The Balaban J connectivity index is 1.34. The maximum Gasteiger partial charge on any atom is 0.409 e. The van der Waals surface area contributed by atoms with Crippen LogP contribution in [0.1, 0.15) is 38.2 Å². The molecule has 2 heterocycles. The van der Waals surface area contributed by atoms with Crippen molar-refractivity contribution in [1.82, 2.24) is 15.1 Å². The number of likely N-dealkylation sites (tertiary alicyclic amines) is 2. The summed E-state index contributed by atoms with van der Waals surface area (Å²) in [7, 11) is 0. The molecule has 1 aromatic carbocycles. The van der Waals surface area contributed by atoms with Crippen LogP contribution in [0.2, 0.25) is 5.02 Å². The molecule has 2 aliphatic rings. The summed E-state index contributed by atoms with van der Waals surface area (Å²) in [6, 6.07) is 8.32. The summed E-state index contributed by atoms with van der Waals surface area (Å²) < 4.78 is 5.06. The number of piperidine rings is 2. The highest BCUT2D eigenvalue weighted by Gasteiger charge is 2.24. The van der Waals surface area contributed by atoms with E-state index in [0.29, 0.717) is 31.6 Å². The molecule has 166 valence electrons.